The maximum atomic E-state index is 11.4. The Balaban J connectivity index is 3.23. The third kappa shape index (κ3) is 18.7. The van der Waals surface area contributed by atoms with Crippen LogP contribution in [-0.4, -0.2) is 70.5 Å². The zero-order valence-corrected chi connectivity index (χ0v) is 16.2. The monoisotopic (exact) mass is 375 g/mol. The van der Waals surface area contributed by atoms with E-state index in [1.807, 2.05) is 20.8 Å². The van der Waals surface area contributed by atoms with Crippen molar-refractivity contribution < 1.29 is 33.3 Å². The summed E-state index contributed by atoms with van der Waals surface area (Å²) in [5.74, 6) is -0.247. The molecule has 0 atom stereocenters. The molecule has 152 valence electrons. The van der Waals surface area contributed by atoms with Crippen LogP contribution >= 0.6 is 0 Å². The van der Waals surface area contributed by atoms with Crippen molar-refractivity contribution in [2.24, 2.45) is 0 Å². The highest BCUT2D eigenvalue weighted by atomic mass is 16.6. The number of hydrogen-bond acceptors (Lipinski definition) is 7. The second-order valence-corrected chi connectivity index (χ2v) is 6.34. The lowest BCUT2D eigenvalue weighted by Gasteiger charge is -2.19. The van der Waals surface area contributed by atoms with Crippen molar-refractivity contribution in [3.8, 4) is 0 Å². The minimum atomic E-state index is -0.504. The van der Waals surface area contributed by atoms with E-state index < -0.39 is 11.7 Å². The molecular weight excluding hydrogens is 342 g/mol. The van der Waals surface area contributed by atoms with Gasteiger partial charge in [0.05, 0.1) is 33.0 Å². The maximum absolute atomic E-state index is 11.4. The molecule has 1 N–H and O–H groups in total. The van der Waals surface area contributed by atoms with Gasteiger partial charge in [0.2, 0.25) is 0 Å². The van der Waals surface area contributed by atoms with Gasteiger partial charge in [-0.25, -0.2) is 4.79 Å². The van der Waals surface area contributed by atoms with Crippen LogP contribution in [0.1, 0.15) is 33.6 Å². The van der Waals surface area contributed by atoms with Crippen LogP contribution in [0.2, 0.25) is 0 Å². The van der Waals surface area contributed by atoms with E-state index in [0.29, 0.717) is 59.0 Å². The predicted molar refractivity (Wildman–Crippen MR) is 97.1 cm³/mol. The van der Waals surface area contributed by atoms with Gasteiger partial charge in [0.1, 0.15) is 12.2 Å². The summed E-state index contributed by atoms with van der Waals surface area (Å²) < 4.78 is 25.9. The Morgan fingerprint density at radius 2 is 1.54 bits per heavy atom. The summed E-state index contributed by atoms with van der Waals surface area (Å²) in [6, 6.07) is 0. The highest BCUT2D eigenvalue weighted by Gasteiger charge is 2.15. The minimum Gasteiger partial charge on any atom is -0.461 e. The molecule has 0 spiro atoms. The van der Waals surface area contributed by atoms with E-state index in [9.17, 15) is 9.59 Å². The van der Waals surface area contributed by atoms with Crippen LogP contribution in [0.5, 0.6) is 0 Å². The minimum absolute atomic E-state index is 0.243. The SMILES string of the molecule is C=CCOC(=O)CCCOCCOCCOCCNC(=O)OC(C)(C)C. The van der Waals surface area contributed by atoms with Gasteiger partial charge in [-0.05, 0) is 27.2 Å². The summed E-state index contributed by atoms with van der Waals surface area (Å²) in [6.45, 7) is 12.2. The van der Waals surface area contributed by atoms with Crippen molar-refractivity contribution in [1.82, 2.24) is 5.32 Å². The van der Waals surface area contributed by atoms with Gasteiger partial charge < -0.3 is 29.0 Å². The number of ether oxygens (including phenoxy) is 5. The molecule has 0 saturated carbocycles. The topological polar surface area (TPSA) is 92.3 Å². The fraction of sp³-hybridized carbons (Fsp3) is 0.778. The molecule has 26 heavy (non-hydrogen) atoms. The summed E-state index contributed by atoms with van der Waals surface area (Å²) in [6.07, 6.45) is 2.03. The normalized spacial score (nSPS) is 11.0. The number of hydrogen-bond donors (Lipinski definition) is 1. The standard InChI is InChI=1S/C18H33NO7/c1-5-9-25-16(20)7-6-10-22-12-14-24-15-13-23-11-8-19-17(21)26-18(2,3)4/h5H,1,6-15H2,2-4H3,(H,19,21). The van der Waals surface area contributed by atoms with Crippen LogP contribution in [0.25, 0.3) is 0 Å². The van der Waals surface area contributed by atoms with E-state index in [1.165, 1.54) is 6.08 Å². The average molecular weight is 375 g/mol. The van der Waals surface area contributed by atoms with Gasteiger partial charge in [-0.15, -0.1) is 0 Å². The number of carbonyl (C=O) groups excluding carboxylic acids is 2. The molecule has 0 aromatic carbocycles. The van der Waals surface area contributed by atoms with E-state index in [4.69, 9.17) is 23.7 Å². The first-order valence-corrected chi connectivity index (χ1v) is 8.81. The van der Waals surface area contributed by atoms with Gasteiger partial charge in [-0.3, -0.25) is 4.79 Å². The smallest absolute Gasteiger partial charge is 0.407 e. The second kappa shape index (κ2) is 15.6. The number of rotatable bonds is 15. The number of nitrogens with one attached hydrogen (secondary N) is 1. The molecule has 0 unspecified atom stereocenters. The molecule has 0 rings (SSSR count). The van der Waals surface area contributed by atoms with Crippen LogP contribution < -0.4 is 5.32 Å². The lowest BCUT2D eigenvalue weighted by Crippen LogP contribution is -2.34. The van der Waals surface area contributed by atoms with E-state index in [-0.39, 0.29) is 12.6 Å². The first-order chi connectivity index (χ1) is 12.3. The summed E-state index contributed by atoms with van der Waals surface area (Å²) in [5, 5.41) is 2.60. The average Bonchev–Trinajstić information content (AvgIpc) is 2.55. The zero-order valence-electron chi connectivity index (χ0n) is 16.2. The molecule has 0 aromatic rings. The number of carbonyl (C=O) groups is 2. The lowest BCUT2D eigenvalue weighted by molar-refractivity contribution is -0.142. The first-order valence-electron chi connectivity index (χ1n) is 8.81. The Labute approximate surface area is 156 Å². The van der Waals surface area contributed by atoms with Crippen molar-refractivity contribution in [2.75, 3.05) is 52.8 Å². The van der Waals surface area contributed by atoms with Crippen LogP contribution in [0, 0.1) is 0 Å². The van der Waals surface area contributed by atoms with Crippen molar-refractivity contribution >= 4 is 12.1 Å². The molecule has 0 heterocycles. The number of esters is 1. The van der Waals surface area contributed by atoms with Gasteiger partial charge in [0.15, 0.2) is 0 Å². The molecule has 0 radical (unpaired) electrons. The highest BCUT2D eigenvalue weighted by molar-refractivity contribution is 5.69. The molecule has 8 heteroatoms. The van der Waals surface area contributed by atoms with Crippen LogP contribution in [0.3, 0.4) is 0 Å². The summed E-state index contributed by atoms with van der Waals surface area (Å²) in [5.41, 5.74) is -0.504. The Kier molecular flexibility index (Phi) is 14.6. The van der Waals surface area contributed by atoms with Crippen LogP contribution in [-0.2, 0) is 28.5 Å². The van der Waals surface area contributed by atoms with Gasteiger partial charge in [0, 0.05) is 19.6 Å². The number of amides is 1. The zero-order chi connectivity index (χ0) is 19.7. The van der Waals surface area contributed by atoms with Gasteiger partial charge in [-0.2, -0.15) is 0 Å². The largest absolute Gasteiger partial charge is 0.461 e. The molecule has 0 saturated heterocycles. The van der Waals surface area contributed by atoms with E-state index >= 15 is 0 Å². The molecule has 8 nitrogen and oxygen atoms in total. The van der Waals surface area contributed by atoms with Gasteiger partial charge in [0.25, 0.3) is 0 Å². The molecule has 0 aromatic heterocycles. The molecule has 0 aliphatic rings. The van der Waals surface area contributed by atoms with Crippen molar-refractivity contribution in [2.45, 2.75) is 39.2 Å². The molecular formula is C18H33NO7. The van der Waals surface area contributed by atoms with Gasteiger partial charge >= 0.3 is 12.1 Å². The molecule has 0 bridgehead atoms. The van der Waals surface area contributed by atoms with Crippen molar-refractivity contribution in [3.63, 3.8) is 0 Å². The maximum Gasteiger partial charge on any atom is 0.407 e. The summed E-state index contributed by atoms with van der Waals surface area (Å²) in [7, 11) is 0. The van der Waals surface area contributed by atoms with E-state index in [2.05, 4.69) is 11.9 Å². The van der Waals surface area contributed by atoms with Gasteiger partial charge in [-0.1, -0.05) is 12.7 Å². The summed E-state index contributed by atoms with van der Waals surface area (Å²) in [4.78, 5) is 22.6. The molecule has 0 aliphatic carbocycles. The van der Waals surface area contributed by atoms with Crippen LogP contribution in [0.4, 0.5) is 4.79 Å². The third-order valence-corrected chi connectivity index (χ3v) is 2.69. The van der Waals surface area contributed by atoms with Crippen molar-refractivity contribution in [1.29, 1.82) is 0 Å². The summed E-state index contributed by atoms with van der Waals surface area (Å²) >= 11 is 0. The van der Waals surface area contributed by atoms with Crippen LogP contribution in [0.15, 0.2) is 12.7 Å². The molecule has 1 amide bonds. The van der Waals surface area contributed by atoms with Crippen molar-refractivity contribution in [3.05, 3.63) is 12.7 Å². The first kappa shape index (κ1) is 24.4. The lowest BCUT2D eigenvalue weighted by atomic mass is 10.2. The Bertz CT molecular complexity index is 393. The molecule has 0 fully saturated rings. The fourth-order valence-electron chi connectivity index (χ4n) is 1.62. The fourth-order valence-corrected chi connectivity index (χ4v) is 1.62. The Morgan fingerprint density at radius 1 is 0.962 bits per heavy atom. The quantitative estimate of drug-likeness (QED) is 0.266. The Morgan fingerprint density at radius 3 is 2.12 bits per heavy atom. The van der Waals surface area contributed by atoms with E-state index in [1.54, 1.807) is 0 Å². The third-order valence-electron chi connectivity index (χ3n) is 2.69. The highest BCUT2D eigenvalue weighted by Crippen LogP contribution is 2.06. The predicted octanol–water partition coefficient (Wildman–Crippen LogP) is 2.07. The molecule has 0 aliphatic heterocycles. The number of alkyl carbamates (subject to hydrolysis) is 1. The Hall–Kier alpha value is -1.64. The van der Waals surface area contributed by atoms with E-state index in [0.717, 1.165) is 0 Å². The second-order valence-electron chi connectivity index (χ2n) is 6.34.